The predicted molar refractivity (Wildman–Crippen MR) is 126 cm³/mol. The van der Waals surface area contributed by atoms with Gasteiger partial charge in [-0.15, -0.1) is 0 Å². The summed E-state index contributed by atoms with van der Waals surface area (Å²) in [4.78, 5) is 16.0. The topological polar surface area (TPSA) is 26.3 Å². The molecular formula is C25H17FIO2S+. The first-order chi connectivity index (χ1) is 14.6. The number of halogens is 2. The van der Waals surface area contributed by atoms with E-state index in [1.807, 2.05) is 71.1 Å². The maximum atomic E-state index is 13.7. The van der Waals surface area contributed by atoms with Gasteiger partial charge in [0.1, 0.15) is 11.6 Å². The number of hydrogen-bond acceptors (Lipinski definition) is 2. The Morgan fingerprint density at radius 1 is 0.700 bits per heavy atom. The second kappa shape index (κ2) is 9.45. The third kappa shape index (κ3) is 4.57. The van der Waals surface area contributed by atoms with E-state index in [2.05, 4.69) is 24.3 Å². The summed E-state index contributed by atoms with van der Waals surface area (Å²) in [6.07, 6.45) is 0. The maximum Gasteiger partial charge on any atom is 0.344 e. The Kier molecular flexibility index (Phi) is 6.50. The SMILES string of the molecule is O=C(Oc1ccc([S+](c2ccccc2)c2ccccc2)cc1)c1cccc(F)c1I. The van der Waals surface area contributed by atoms with Crippen molar-refractivity contribution in [2.75, 3.05) is 0 Å². The highest BCUT2D eigenvalue weighted by Gasteiger charge is 2.28. The van der Waals surface area contributed by atoms with Gasteiger partial charge in [0.15, 0.2) is 14.7 Å². The summed E-state index contributed by atoms with van der Waals surface area (Å²) in [6, 6.07) is 32.5. The van der Waals surface area contributed by atoms with Gasteiger partial charge >= 0.3 is 5.97 Å². The number of carbonyl (C=O) groups is 1. The molecule has 0 heterocycles. The first-order valence-corrected chi connectivity index (χ1v) is 11.5. The molecule has 0 unspecified atom stereocenters. The van der Waals surface area contributed by atoms with Gasteiger partial charge < -0.3 is 4.74 Å². The molecule has 0 aliphatic heterocycles. The number of carbonyl (C=O) groups excluding carboxylic acids is 1. The van der Waals surface area contributed by atoms with Gasteiger partial charge in [0.2, 0.25) is 0 Å². The molecule has 0 spiro atoms. The van der Waals surface area contributed by atoms with Crippen LogP contribution in [0.5, 0.6) is 5.75 Å². The van der Waals surface area contributed by atoms with E-state index < -0.39 is 11.8 Å². The Bertz CT molecular complexity index is 1110. The van der Waals surface area contributed by atoms with Crippen LogP contribution in [0.2, 0.25) is 0 Å². The third-order valence-electron chi connectivity index (χ3n) is 4.40. The molecule has 0 N–H and O–H groups in total. The van der Waals surface area contributed by atoms with Gasteiger partial charge in [-0.1, -0.05) is 42.5 Å². The zero-order chi connectivity index (χ0) is 20.9. The average Bonchev–Trinajstić information content (AvgIpc) is 2.78. The molecule has 0 bridgehead atoms. The number of ether oxygens (including phenoxy) is 1. The fourth-order valence-corrected chi connectivity index (χ4v) is 5.65. The standard InChI is InChI=1S/C25H17FIO2S/c26-23-13-7-12-22(24(23)27)25(28)29-18-14-16-21(17-15-18)30(19-8-3-1-4-9-19)20-10-5-2-6-11-20/h1-17H/q+1. The number of rotatable bonds is 5. The molecule has 0 fully saturated rings. The minimum atomic E-state index is -0.572. The summed E-state index contributed by atoms with van der Waals surface area (Å²) < 4.78 is 19.5. The van der Waals surface area contributed by atoms with E-state index in [1.54, 1.807) is 18.2 Å². The van der Waals surface area contributed by atoms with Crippen LogP contribution in [0.25, 0.3) is 0 Å². The zero-order valence-corrected chi connectivity index (χ0v) is 18.8. The Balaban J connectivity index is 1.61. The smallest absolute Gasteiger partial charge is 0.344 e. The molecule has 0 amide bonds. The fraction of sp³-hybridized carbons (Fsp3) is 0. The van der Waals surface area contributed by atoms with E-state index in [9.17, 15) is 9.18 Å². The molecule has 0 aromatic heterocycles. The lowest BCUT2D eigenvalue weighted by Crippen LogP contribution is -2.11. The molecule has 0 atom stereocenters. The largest absolute Gasteiger partial charge is 0.423 e. The minimum absolute atomic E-state index is 0.216. The Labute approximate surface area is 191 Å². The Morgan fingerprint density at radius 3 is 1.80 bits per heavy atom. The zero-order valence-electron chi connectivity index (χ0n) is 15.8. The Hall–Kier alpha value is -2.64. The summed E-state index contributed by atoms with van der Waals surface area (Å²) >= 11 is 1.82. The molecule has 4 rings (SSSR count). The molecular weight excluding hydrogens is 510 g/mol. The highest BCUT2D eigenvalue weighted by Crippen LogP contribution is 2.32. The normalized spacial score (nSPS) is 10.8. The first kappa shape index (κ1) is 20.6. The molecule has 0 aliphatic carbocycles. The molecule has 5 heteroatoms. The summed E-state index contributed by atoms with van der Waals surface area (Å²) in [5, 5.41) is 0. The molecule has 2 nitrogen and oxygen atoms in total. The van der Waals surface area contributed by atoms with Crippen molar-refractivity contribution in [3.63, 3.8) is 0 Å². The van der Waals surface area contributed by atoms with Crippen molar-refractivity contribution in [2.24, 2.45) is 0 Å². The molecule has 0 aliphatic rings. The molecule has 4 aromatic carbocycles. The van der Waals surface area contributed by atoms with Gasteiger partial charge in [-0.3, -0.25) is 0 Å². The summed E-state index contributed by atoms with van der Waals surface area (Å²) in [6.45, 7) is 0. The van der Waals surface area contributed by atoms with Gasteiger partial charge in [-0.05, 0) is 83.3 Å². The fourth-order valence-electron chi connectivity index (χ4n) is 2.99. The van der Waals surface area contributed by atoms with Gasteiger partial charge in [0, 0.05) is 0 Å². The first-order valence-electron chi connectivity index (χ1n) is 9.24. The second-order valence-electron chi connectivity index (χ2n) is 6.39. The monoisotopic (exact) mass is 527 g/mol. The van der Waals surface area contributed by atoms with Gasteiger partial charge in [0.25, 0.3) is 0 Å². The lowest BCUT2D eigenvalue weighted by Gasteiger charge is -2.09. The molecule has 4 aromatic rings. The van der Waals surface area contributed by atoms with Crippen LogP contribution in [0.4, 0.5) is 4.39 Å². The Morgan fingerprint density at radius 2 is 1.23 bits per heavy atom. The minimum Gasteiger partial charge on any atom is -0.423 e. The highest BCUT2D eigenvalue weighted by atomic mass is 127. The predicted octanol–water partition coefficient (Wildman–Crippen LogP) is 6.74. The molecule has 148 valence electrons. The van der Waals surface area contributed by atoms with Crippen molar-refractivity contribution in [1.29, 1.82) is 0 Å². The molecule has 0 saturated carbocycles. The van der Waals surface area contributed by atoms with E-state index >= 15 is 0 Å². The number of esters is 1. The van der Waals surface area contributed by atoms with Gasteiger partial charge in [0.05, 0.1) is 20.0 Å². The van der Waals surface area contributed by atoms with Crippen LogP contribution in [0.15, 0.2) is 118 Å². The van der Waals surface area contributed by atoms with Crippen LogP contribution in [-0.2, 0) is 10.9 Å². The van der Waals surface area contributed by atoms with Crippen molar-refractivity contribution in [3.8, 4) is 5.75 Å². The lowest BCUT2D eigenvalue weighted by atomic mass is 10.2. The molecule has 0 saturated heterocycles. The lowest BCUT2D eigenvalue weighted by molar-refractivity contribution is 0.0733. The number of hydrogen-bond donors (Lipinski definition) is 0. The van der Waals surface area contributed by atoms with E-state index in [-0.39, 0.29) is 20.0 Å². The summed E-state index contributed by atoms with van der Waals surface area (Å²) in [7, 11) is -0.270. The van der Waals surface area contributed by atoms with Gasteiger partial charge in [-0.2, -0.15) is 0 Å². The summed E-state index contributed by atoms with van der Waals surface area (Å²) in [5.41, 5.74) is 0.216. The van der Waals surface area contributed by atoms with Crippen molar-refractivity contribution >= 4 is 39.5 Å². The maximum absolute atomic E-state index is 13.7. The van der Waals surface area contributed by atoms with E-state index in [4.69, 9.17) is 4.74 Å². The van der Waals surface area contributed by atoms with Crippen LogP contribution >= 0.6 is 22.6 Å². The molecule has 0 radical (unpaired) electrons. The van der Waals surface area contributed by atoms with Crippen LogP contribution in [-0.4, -0.2) is 5.97 Å². The van der Waals surface area contributed by atoms with Gasteiger partial charge in [-0.25, -0.2) is 9.18 Å². The van der Waals surface area contributed by atoms with Crippen LogP contribution in [0.3, 0.4) is 0 Å². The van der Waals surface area contributed by atoms with Crippen molar-refractivity contribution < 1.29 is 13.9 Å². The van der Waals surface area contributed by atoms with Crippen molar-refractivity contribution in [1.82, 2.24) is 0 Å². The summed E-state index contributed by atoms with van der Waals surface area (Å²) in [5.74, 6) is -0.583. The van der Waals surface area contributed by atoms with Crippen molar-refractivity contribution in [2.45, 2.75) is 14.7 Å². The van der Waals surface area contributed by atoms with Crippen LogP contribution in [0, 0.1) is 9.39 Å². The van der Waals surface area contributed by atoms with E-state index in [1.165, 1.54) is 21.9 Å². The quantitative estimate of drug-likeness (QED) is 0.124. The average molecular weight is 527 g/mol. The van der Waals surface area contributed by atoms with Crippen molar-refractivity contribution in [3.05, 3.63) is 118 Å². The van der Waals surface area contributed by atoms with Crippen LogP contribution in [0.1, 0.15) is 10.4 Å². The highest BCUT2D eigenvalue weighted by molar-refractivity contribution is 14.1. The van der Waals surface area contributed by atoms with E-state index in [0.29, 0.717) is 5.75 Å². The van der Waals surface area contributed by atoms with Crippen LogP contribution < -0.4 is 4.74 Å². The molecule has 30 heavy (non-hydrogen) atoms. The number of benzene rings is 4. The second-order valence-corrected chi connectivity index (χ2v) is 9.50. The van der Waals surface area contributed by atoms with E-state index in [0.717, 1.165) is 4.90 Å². The third-order valence-corrected chi connectivity index (χ3v) is 7.73.